The third-order valence-corrected chi connectivity index (χ3v) is 16.2. The van der Waals surface area contributed by atoms with Crippen LogP contribution in [0.2, 0.25) is 0 Å². The van der Waals surface area contributed by atoms with E-state index in [-0.39, 0.29) is 0 Å². The normalized spacial score (nSPS) is 14.9. The lowest BCUT2D eigenvalue weighted by atomic mass is 9.63. The van der Waals surface area contributed by atoms with Crippen molar-refractivity contribution in [3.05, 3.63) is 307 Å². The Bertz CT molecular complexity index is 4430. The lowest BCUT2D eigenvalue weighted by Crippen LogP contribution is -2.31. The minimum Gasteiger partial charge on any atom is -0.309 e. The van der Waals surface area contributed by atoms with E-state index in [0.29, 0.717) is 0 Å². The van der Waals surface area contributed by atoms with E-state index in [4.69, 9.17) is 0 Å². The van der Waals surface area contributed by atoms with Crippen molar-refractivity contribution in [1.82, 2.24) is 9.13 Å². The molecule has 15 rings (SSSR count). The zero-order valence-corrected chi connectivity index (χ0v) is 41.2. The molecule has 2 heterocycles. The molecule has 0 N–H and O–H groups in total. The number of nitrogens with zero attached hydrogens (tertiary/aromatic N) is 2. The second kappa shape index (κ2) is 17.2. The second-order valence-corrected chi connectivity index (χ2v) is 20.1. The molecule has 75 heavy (non-hydrogen) atoms. The molecule has 1 unspecified atom stereocenters. The van der Waals surface area contributed by atoms with Crippen LogP contribution in [0.25, 0.3) is 105 Å². The fraction of sp³-hybridized carbons (Fsp3) is 0.0411. The van der Waals surface area contributed by atoms with Crippen molar-refractivity contribution in [2.75, 3.05) is 0 Å². The van der Waals surface area contributed by atoms with E-state index in [1.165, 1.54) is 122 Å². The molecule has 0 fully saturated rings. The summed E-state index contributed by atoms with van der Waals surface area (Å²) in [5, 5.41) is 5.00. The van der Waals surface area contributed by atoms with Crippen molar-refractivity contribution >= 4 is 49.2 Å². The smallest absolute Gasteiger partial charge is 0.0683 e. The van der Waals surface area contributed by atoms with Crippen LogP contribution in [0.5, 0.6) is 0 Å². The molecular weight excluding hydrogens is 905 g/mol. The number of hydrogen-bond donors (Lipinski definition) is 0. The molecule has 2 aliphatic carbocycles. The molecule has 0 bridgehead atoms. The van der Waals surface area contributed by atoms with E-state index in [2.05, 4.69) is 282 Å². The first-order valence-corrected chi connectivity index (χ1v) is 26.1. The maximum atomic E-state index is 3.46. The number of allylic oxidation sites excluding steroid dienone is 4. The van der Waals surface area contributed by atoms with Crippen molar-refractivity contribution < 1.29 is 0 Å². The van der Waals surface area contributed by atoms with Gasteiger partial charge >= 0.3 is 0 Å². The number of rotatable bonds is 8. The van der Waals surface area contributed by atoms with Crippen LogP contribution < -0.4 is 0 Å². The van der Waals surface area contributed by atoms with Gasteiger partial charge in [-0.25, -0.2) is 0 Å². The highest BCUT2D eigenvalue weighted by Crippen LogP contribution is 2.59. The van der Waals surface area contributed by atoms with Gasteiger partial charge < -0.3 is 9.13 Å². The molecule has 2 aromatic heterocycles. The van der Waals surface area contributed by atoms with Crippen LogP contribution in [0.15, 0.2) is 273 Å². The van der Waals surface area contributed by atoms with Gasteiger partial charge in [0.1, 0.15) is 0 Å². The summed E-state index contributed by atoms with van der Waals surface area (Å²) >= 11 is 0. The molecule has 0 spiro atoms. The van der Waals surface area contributed by atoms with Crippen LogP contribution in [-0.2, 0) is 5.41 Å². The molecule has 0 amide bonds. The monoisotopic (exact) mass is 952 g/mol. The summed E-state index contributed by atoms with van der Waals surface area (Å²) in [7, 11) is 0. The van der Waals surface area contributed by atoms with Crippen molar-refractivity contribution in [2.45, 2.75) is 18.3 Å². The van der Waals surface area contributed by atoms with Gasteiger partial charge in [-0.3, -0.25) is 0 Å². The lowest BCUT2D eigenvalue weighted by Gasteiger charge is -2.38. The minimum atomic E-state index is -0.477. The van der Waals surface area contributed by atoms with Gasteiger partial charge in [-0.2, -0.15) is 0 Å². The predicted octanol–water partition coefficient (Wildman–Crippen LogP) is 18.6. The first-order valence-electron chi connectivity index (χ1n) is 26.1. The summed E-state index contributed by atoms with van der Waals surface area (Å²) in [6.07, 6.45) is 6.73. The van der Waals surface area contributed by atoms with Crippen LogP contribution in [0.3, 0.4) is 0 Å². The third-order valence-electron chi connectivity index (χ3n) is 16.2. The maximum Gasteiger partial charge on any atom is 0.0683 e. The Kier molecular flexibility index (Phi) is 9.87. The van der Waals surface area contributed by atoms with Crippen molar-refractivity contribution in [2.24, 2.45) is 0 Å². The summed E-state index contributed by atoms with van der Waals surface area (Å²) in [5.41, 5.74) is 24.1. The average molecular weight is 953 g/mol. The van der Waals surface area contributed by atoms with Crippen molar-refractivity contribution in [3.63, 3.8) is 0 Å². The topological polar surface area (TPSA) is 9.86 Å². The van der Waals surface area contributed by atoms with E-state index in [0.717, 1.165) is 24.1 Å². The molecule has 13 aromatic rings. The molecular formula is C73H48N2. The molecule has 0 saturated heterocycles. The van der Waals surface area contributed by atoms with Gasteiger partial charge in [0.05, 0.1) is 27.5 Å². The molecule has 350 valence electrons. The first kappa shape index (κ1) is 43.0. The summed E-state index contributed by atoms with van der Waals surface area (Å²) in [6, 6.07) is 101. The van der Waals surface area contributed by atoms with E-state index >= 15 is 0 Å². The Morgan fingerprint density at radius 3 is 1.55 bits per heavy atom. The molecule has 0 radical (unpaired) electrons. The van der Waals surface area contributed by atoms with Crippen molar-refractivity contribution in [3.8, 4) is 55.9 Å². The van der Waals surface area contributed by atoms with Gasteiger partial charge in [-0.1, -0.05) is 200 Å². The first-order chi connectivity index (χ1) is 37.2. The molecule has 2 heteroatoms. The van der Waals surface area contributed by atoms with Crippen LogP contribution in [0, 0.1) is 12.1 Å². The number of hydrogen-bond acceptors (Lipinski definition) is 0. The molecule has 0 aliphatic heterocycles. The standard InChI is InChI=1S/C73H48N2/c1-3-18-52(19-4-1)59-24-7-12-29-66(59)73(67-30-13-8-25-60(67)61-26-9-14-31-68(61)73)56-21-17-20-53(46-56)51-36-34-49(35-37-51)50-38-42-58(43-39-50)75-70-33-16-11-28-63(70)65-48-55(41-45-72(65)75)54-40-44-71-64(47-54)62-27-10-15-32-69(62)74(71)57-22-5-2-6-23-57/h1-3,5-13,15-18,20-30,32-48H,14,31H2. The maximum absolute atomic E-state index is 3.46. The Morgan fingerprint density at radius 1 is 0.373 bits per heavy atom. The van der Waals surface area contributed by atoms with E-state index < -0.39 is 5.41 Å². The van der Waals surface area contributed by atoms with Crippen LogP contribution in [0.4, 0.5) is 0 Å². The fourth-order valence-corrected chi connectivity index (χ4v) is 12.9. The predicted molar refractivity (Wildman–Crippen MR) is 313 cm³/mol. The Labute approximate surface area is 437 Å². The van der Waals surface area contributed by atoms with E-state index in [1.54, 1.807) is 0 Å². The van der Waals surface area contributed by atoms with Gasteiger partial charge in [0.15, 0.2) is 0 Å². The van der Waals surface area contributed by atoms with Gasteiger partial charge in [-0.05, 0) is 164 Å². The van der Waals surface area contributed by atoms with Crippen LogP contribution >= 0.6 is 0 Å². The average Bonchev–Trinajstić information content (AvgIpc) is 4.17. The molecule has 2 nitrogen and oxygen atoms in total. The zero-order chi connectivity index (χ0) is 49.5. The SMILES string of the molecule is c1cccc(-c2ccccc2C2(c3cccc(-c4ccc(-c5ccc(-n6c7ccccc7c7cc(-c8ccc9c(c8)c8ccccc8n9-c8ccccc8)ccc76)cc5)cc4)c3)C3=C(C=CCC3)c3ccccc32)c#1. The highest BCUT2D eigenvalue weighted by molar-refractivity contribution is 6.13. The molecule has 0 saturated carbocycles. The fourth-order valence-electron chi connectivity index (χ4n) is 12.9. The number of fused-ring (bicyclic) bond motifs is 8. The van der Waals surface area contributed by atoms with Gasteiger partial charge in [0.2, 0.25) is 0 Å². The van der Waals surface area contributed by atoms with Crippen LogP contribution in [0.1, 0.15) is 35.1 Å². The highest BCUT2D eigenvalue weighted by atomic mass is 15.0. The minimum absolute atomic E-state index is 0.477. The summed E-state index contributed by atoms with van der Waals surface area (Å²) in [4.78, 5) is 0. The van der Waals surface area contributed by atoms with Crippen molar-refractivity contribution in [1.29, 1.82) is 0 Å². The van der Waals surface area contributed by atoms with E-state index in [9.17, 15) is 0 Å². The summed E-state index contributed by atoms with van der Waals surface area (Å²) in [6.45, 7) is 0. The molecule has 1 atom stereocenters. The molecule has 11 aromatic carbocycles. The van der Waals surface area contributed by atoms with Crippen LogP contribution in [-0.4, -0.2) is 9.13 Å². The van der Waals surface area contributed by atoms with E-state index in [1.807, 2.05) is 6.07 Å². The second-order valence-electron chi connectivity index (χ2n) is 20.1. The molecule has 2 aliphatic rings. The summed E-state index contributed by atoms with van der Waals surface area (Å²) < 4.78 is 4.79. The van der Waals surface area contributed by atoms with Gasteiger partial charge in [0, 0.05) is 38.5 Å². The zero-order valence-electron chi connectivity index (χ0n) is 41.2. The van der Waals surface area contributed by atoms with Gasteiger partial charge in [0.25, 0.3) is 0 Å². The number of aromatic nitrogens is 2. The Hall–Kier alpha value is -9.68. The summed E-state index contributed by atoms with van der Waals surface area (Å²) in [5.74, 6) is 0. The highest BCUT2D eigenvalue weighted by Gasteiger charge is 2.48. The lowest BCUT2D eigenvalue weighted by molar-refractivity contribution is 0.698. The largest absolute Gasteiger partial charge is 0.309 e. The Morgan fingerprint density at radius 2 is 0.893 bits per heavy atom. The Balaban J connectivity index is 0.769. The number of benzene rings is 10. The van der Waals surface area contributed by atoms with Gasteiger partial charge in [-0.15, -0.1) is 0 Å². The third kappa shape index (κ3) is 6.68. The number of para-hydroxylation sites is 3. The quantitative estimate of drug-likeness (QED) is 0.144.